The van der Waals surface area contributed by atoms with Crippen LogP contribution in [0.4, 0.5) is 4.79 Å². The minimum Gasteiger partial charge on any atom is -0.466 e. The summed E-state index contributed by atoms with van der Waals surface area (Å²) in [5.41, 5.74) is 3.13. The summed E-state index contributed by atoms with van der Waals surface area (Å²) in [6, 6.07) is 40.9. The molecule has 8 nitrogen and oxygen atoms in total. The van der Waals surface area contributed by atoms with Crippen LogP contribution in [0.3, 0.4) is 0 Å². The second kappa shape index (κ2) is 17.6. The molecule has 1 amide bonds. The van der Waals surface area contributed by atoms with Crippen molar-refractivity contribution in [3.8, 4) is 0 Å². The van der Waals surface area contributed by atoms with E-state index in [1.165, 1.54) is 18.2 Å². The van der Waals surface area contributed by atoms with E-state index in [9.17, 15) is 9.59 Å². The number of ether oxygens (including phenoxy) is 3. The highest BCUT2D eigenvalue weighted by molar-refractivity contribution is 5.80. The van der Waals surface area contributed by atoms with E-state index in [1.54, 1.807) is 4.90 Å². The van der Waals surface area contributed by atoms with Gasteiger partial charge in [-0.15, -0.1) is 0 Å². The highest BCUT2D eigenvalue weighted by Gasteiger charge is 2.51. The Hall–Kier alpha value is -4.50. The first-order valence-electron chi connectivity index (χ1n) is 17.9. The Kier molecular flexibility index (Phi) is 13.0. The number of nitrogens with zero attached hydrogens (tertiary/aromatic N) is 3. The van der Waals surface area contributed by atoms with Crippen LogP contribution >= 0.6 is 0 Å². The number of carbonyl (C=O) groups is 2. The third kappa shape index (κ3) is 10.5. The summed E-state index contributed by atoms with van der Waals surface area (Å²) in [5.74, 6) is -0.583. The van der Waals surface area contributed by atoms with Crippen LogP contribution < -0.4 is 0 Å². The number of benzene rings is 4. The maximum atomic E-state index is 14.1. The van der Waals surface area contributed by atoms with Gasteiger partial charge in [-0.1, -0.05) is 121 Å². The van der Waals surface area contributed by atoms with Crippen LogP contribution in [0.5, 0.6) is 0 Å². The van der Waals surface area contributed by atoms with Crippen molar-refractivity contribution >= 4 is 12.1 Å². The maximum absolute atomic E-state index is 14.1. The molecule has 0 saturated carbocycles. The van der Waals surface area contributed by atoms with Gasteiger partial charge in [-0.2, -0.15) is 0 Å². The Morgan fingerprint density at radius 2 is 1.14 bits per heavy atom. The summed E-state index contributed by atoms with van der Waals surface area (Å²) in [6.45, 7) is 11.4. The van der Waals surface area contributed by atoms with Crippen LogP contribution in [0.15, 0.2) is 121 Å². The Labute approximate surface area is 303 Å². The minimum absolute atomic E-state index is 0.355. The molecule has 51 heavy (non-hydrogen) atoms. The molecule has 5 rings (SSSR count). The van der Waals surface area contributed by atoms with E-state index in [0.717, 1.165) is 37.2 Å². The molecule has 1 heterocycles. The zero-order chi connectivity index (χ0) is 36.3. The van der Waals surface area contributed by atoms with Crippen molar-refractivity contribution in [3.05, 3.63) is 144 Å². The van der Waals surface area contributed by atoms with Crippen molar-refractivity contribution in [2.75, 3.05) is 20.3 Å². The van der Waals surface area contributed by atoms with Gasteiger partial charge < -0.3 is 14.2 Å². The van der Waals surface area contributed by atoms with Gasteiger partial charge in [0, 0.05) is 26.2 Å². The van der Waals surface area contributed by atoms with Gasteiger partial charge in [-0.3, -0.25) is 14.7 Å². The molecule has 0 radical (unpaired) electrons. The van der Waals surface area contributed by atoms with Gasteiger partial charge in [-0.05, 0) is 69.3 Å². The van der Waals surface area contributed by atoms with Gasteiger partial charge in [-0.25, -0.2) is 9.59 Å². The van der Waals surface area contributed by atoms with Crippen molar-refractivity contribution in [2.45, 2.75) is 90.1 Å². The second-order valence-corrected chi connectivity index (χ2v) is 14.5. The third-order valence-corrected chi connectivity index (χ3v) is 9.51. The van der Waals surface area contributed by atoms with E-state index in [1.807, 2.05) is 76.2 Å². The number of methoxy groups -OCH3 is 1. The largest absolute Gasteiger partial charge is 0.466 e. The predicted molar refractivity (Wildman–Crippen MR) is 200 cm³/mol. The van der Waals surface area contributed by atoms with Crippen molar-refractivity contribution in [2.24, 2.45) is 0 Å². The van der Waals surface area contributed by atoms with Crippen LogP contribution in [0.1, 0.15) is 62.8 Å². The van der Waals surface area contributed by atoms with E-state index < -0.39 is 35.5 Å². The second-order valence-electron chi connectivity index (χ2n) is 14.5. The van der Waals surface area contributed by atoms with E-state index >= 15 is 0 Å². The lowest BCUT2D eigenvalue weighted by atomic mass is 10.00. The fourth-order valence-electron chi connectivity index (χ4n) is 7.11. The lowest BCUT2D eigenvalue weighted by Gasteiger charge is -2.40. The van der Waals surface area contributed by atoms with Crippen molar-refractivity contribution in [1.29, 1.82) is 0 Å². The molecule has 0 aromatic heterocycles. The molecule has 4 aromatic carbocycles. The average Bonchev–Trinajstić information content (AvgIpc) is 3.36. The first-order chi connectivity index (χ1) is 24.6. The fourth-order valence-corrected chi connectivity index (χ4v) is 7.11. The molecular formula is C43H53N3O5. The summed E-state index contributed by atoms with van der Waals surface area (Å²) < 4.78 is 17.7. The van der Waals surface area contributed by atoms with E-state index in [2.05, 4.69) is 82.6 Å². The highest BCUT2D eigenvalue weighted by atomic mass is 16.6. The Morgan fingerprint density at radius 1 is 0.706 bits per heavy atom. The van der Waals surface area contributed by atoms with Crippen molar-refractivity contribution in [1.82, 2.24) is 14.7 Å². The van der Waals surface area contributed by atoms with Crippen LogP contribution in [0.25, 0.3) is 0 Å². The summed E-state index contributed by atoms with van der Waals surface area (Å²) in [7, 11) is 1.35. The number of amides is 1. The summed E-state index contributed by atoms with van der Waals surface area (Å²) in [6.07, 6.45) is -0.453. The molecule has 0 bridgehead atoms. The molecular weight excluding hydrogens is 638 g/mol. The molecule has 8 heteroatoms. The Bertz CT molecular complexity index is 1550. The minimum atomic E-state index is -1.18. The molecule has 0 spiro atoms. The zero-order valence-electron chi connectivity index (χ0n) is 30.7. The predicted octanol–water partition coefficient (Wildman–Crippen LogP) is 8.07. The molecule has 0 aliphatic carbocycles. The van der Waals surface area contributed by atoms with Gasteiger partial charge >= 0.3 is 12.1 Å². The first-order valence-corrected chi connectivity index (χ1v) is 17.9. The molecule has 270 valence electrons. The van der Waals surface area contributed by atoms with Crippen molar-refractivity contribution < 1.29 is 23.8 Å². The molecule has 1 fully saturated rings. The Balaban J connectivity index is 1.47. The van der Waals surface area contributed by atoms with Gasteiger partial charge in [0.1, 0.15) is 5.72 Å². The molecule has 0 unspecified atom stereocenters. The molecule has 0 N–H and O–H groups in total. The molecule has 1 aliphatic rings. The zero-order valence-corrected chi connectivity index (χ0v) is 30.7. The summed E-state index contributed by atoms with van der Waals surface area (Å²) >= 11 is 0. The van der Waals surface area contributed by atoms with Gasteiger partial charge in [0.2, 0.25) is 6.10 Å². The lowest BCUT2D eigenvalue weighted by molar-refractivity contribution is -0.157. The third-order valence-electron chi connectivity index (χ3n) is 9.51. The van der Waals surface area contributed by atoms with Gasteiger partial charge in [0.05, 0.1) is 25.3 Å². The quantitative estimate of drug-likeness (QED) is 0.110. The number of hydrogen-bond donors (Lipinski definition) is 0. The Morgan fingerprint density at radius 3 is 1.53 bits per heavy atom. The smallest absolute Gasteiger partial charge is 0.413 e. The van der Waals surface area contributed by atoms with E-state index in [0.29, 0.717) is 26.1 Å². The number of esters is 1. The fraction of sp³-hybridized carbons (Fsp3) is 0.395. The number of hydrogen-bond acceptors (Lipinski definition) is 7. The van der Waals surface area contributed by atoms with E-state index in [-0.39, 0.29) is 0 Å². The summed E-state index contributed by atoms with van der Waals surface area (Å²) in [4.78, 5) is 34.3. The molecule has 2 atom stereocenters. The monoisotopic (exact) mass is 691 g/mol. The maximum Gasteiger partial charge on any atom is 0.413 e. The SMILES string of the molecule is COC(=O)[C@@H](OC(=O)N1C(C)(C)COC1(C)C)[C@H](CCCN(Cc1ccccc1)Cc1ccccc1)N(Cc1ccccc1)Cc1ccccc1. The van der Waals surface area contributed by atoms with Crippen LogP contribution in [0.2, 0.25) is 0 Å². The highest BCUT2D eigenvalue weighted by Crippen LogP contribution is 2.36. The standard InChI is InChI=1S/C43H53N3O5/c1-42(2)33-50-43(3,4)46(42)41(48)51-39(40(47)49-5)38(45(31-36-23-14-8-15-24-36)32-37-25-16-9-17-26-37)27-18-28-44(29-34-19-10-6-11-20-34)30-35-21-12-7-13-22-35/h6-17,19-26,38-39H,18,27-33H2,1-5H3/t38-,39-/m0/s1. The number of rotatable bonds is 16. The first kappa shape index (κ1) is 37.7. The summed E-state index contributed by atoms with van der Waals surface area (Å²) in [5, 5.41) is 0. The number of carbonyl (C=O) groups excluding carboxylic acids is 2. The average molecular weight is 692 g/mol. The van der Waals surface area contributed by atoms with Crippen LogP contribution in [-0.4, -0.2) is 70.4 Å². The molecule has 4 aromatic rings. The van der Waals surface area contributed by atoms with Crippen LogP contribution in [0, 0.1) is 0 Å². The van der Waals surface area contributed by atoms with Gasteiger partial charge in [0.25, 0.3) is 0 Å². The molecule has 1 aliphatic heterocycles. The van der Waals surface area contributed by atoms with Gasteiger partial charge in [0.15, 0.2) is 0 Å². The normalized spacial score (nSPS) is 16.2. The lowest BCUT2D eigenvalue weighted by Crippen LogP contribution is -2.56. The molecule has 1 saturated heterocycles. The topological polar surface area (TPSA) is 71.5 Å². The van der Waals surface area contributed by atoms with Crippen LogP contribution in [-0.2, 0) is 45.2 Å². The van der Waals surface area contributed by atoms with E-state index in [4.69, 9.17) is 14.2 Å². The van der Waals surface area contributed by atoms with Crippen molar-refractivity contribution in [3.63, 3.8) is 0 Å².